The third-order valence-corrected chi connectivity index (χ3v) is 0. The molecule has 0 aromatic heterocycles. The van der Waals surface area contributed by atoms with E-state index in [0.717, 1.165) is 0 Å². The first-order valence-corrected chi connectivity index (χ1v) is 2.62. The van der Waals surface area contributed by atoms with Gasteiger partial charge in [-0.1, -0.05) is 0 Å². The van der Waals surface area contributed by atoms with Gasteiger partial charge in [0.2, 0.25) is 0 Å². The van der Waals surface area contributed by atoms with E-state index in [1.54, 1.807) is 0 Å². The smallest absolute Gasteiger partial charge is 0.418 e. The quantitative estimate of drug-likeness (QED) is 0.470. The Balaban J connectivity index is -0.0000000655. The van der Waals surface area contributed by atoms with Crippen molar-refractivity contribution in [1.82, 2.24) is 0 Å². The van der Waals surface area contributed by atoms with E-state index in [2.05, 4.69) is 0 Å². The molecular formula is B3CrF12. The molecule has 0 saturated carbocycles. The SMILES string of the molecule is F[B-](F)(F)F.F[B-](F)(F)F.F[B-](F)(F)F.[Cr+3]. The van der Waals surface area contributed by atoms with Crippen LogP contribution in [0.15, 0.2) is 0 Å². The van der Waals surface area contributed by atoms with Crippen molar-refractivity contribution in [1.29, 1.82) is 0 Å². The predicted octanol–water partition coefficient (Wildman–Crippen LogP) is 3.90. The zero-order valence-electron chi connectivity index (χ0n) is 6.68. The Kier molecular flexibility index (Phi) is 14.0. The molecule has 0 nitrogen and oxygen atoms in total. The largest absolute Gasteiger partial charge is 3.00 e. The monoisotopic (exact) mass is 313 g/mol. The van der Waals surface area contributed by atoms with Gasteiger partial charge < -0.3 is 51.8 Å². The molecular weight excluding hydrogens is 312 g/mol. The standard InChI is InChI=1S/3BF4.Cr/c3*2-1(3,4)5;/q3*-1;+3. The summed E-state index contributed by atoms with van der Waals surface area (Å²) in [5.74, 6) is 0. The van der Waals surface area contributed by atoms with E-state index in [0.29, 0.717) is 0 Å². The molecule has 0 aromatic carbocycles. The van der Waals surface area contributed by atoms with Gasteiger partial charge in [-0.25, -0.2) is 0 Å². The van der Waals surface area contributed by atoms with Crippen molar-refractivity contribution in [2.45, 2.75) is 0 Å². The Labute approximate surface area is 91.8 Å². The maximum absolute atomic E-state index is 9.75. The first-order chi connectivity index (χ1) is 6.00. The Hall–Kier alpha value is -0.113. The third-order valence-electron chi connectivity index (χ3n) is 0. The van der Waals surface area contributed by atoms with E-state index in [1.165, 1.54) is 0 Å². The molecule has 0 amide bonds. The molecule has 0 heterocycles. The molecule has 0 aromatic rings. The second kappa shape index (κ2) is 8.97. The van der Waals surface area contributed by atoms with Gasteiger partial charge in [0.1, 0.15) is 0 Å². The number of hydrogen-bond acceptors (Lipinski definition) is 0. The van der Waals surface area contributed by atoms with Crippen LogP contribution in [0.25, 0.3) is 0 Å². The van der Waals surface area contributed by atoms with E-state index in [-0.39, 0.29) is 17.4 Å². The summed E-state index contributed by atoms with van der Waals surface area (Å²) in [4.78, 5) is 0. The van der Waals surface area contributed by atoms with Crippen LogP contribution in [0, 0.1) is 0 Å². The van der Waals surface area contributed by atoms with E-state index in [4.69, 9.17) is 0 Å². The van der Waals surface area contributed by atoms with Crippen LogP contribution in [0.3, 0.4) is 0 Å². The van der Waals surface area contributed by atoms with Gasteiger partial charge in [0.05, 0.1) is 0 Å². The van der Waals surface area contributed by atoms with Crippen LogP contribution in [0.4, 0.5) is 51.8 Å². The van der Waals surface area contributed by atoms with Crippen molar-refractivity contribution in [3.8, 4) is 0 Å². The minimum Gasteiger partial charge on any atom is -0.418 e. The first-order valence-electron chi connectivity index (χ1n) is 2.62. The molecule has 0 aliphatic carbocycles. The molecule has 0 atom stereocenters. The van der Waals surface area contributed by atoms with Crippen LogP contribution in [0.1, 0.15) is 0 Å². The summed E-state index contributed by atoms with van der Waals surface area (Å²) < 4.78 is 117. The predicted molar refractivity (Wildman–Crippen MR) is 30.6 cm³/mol. The normalized spacial score (nSPS) is 11.2. The summed E-state index contributed by atoms with van der Waals surface area (Å²) in [6.45, 7) is 0. The van der Waals surface area contributed by atoms with Gasteiger partial charge in [-0.2, -0.15) is 0 Å². The zero-order valence-corrected chi connectivity index (χ0v) is 7.95. The molecule has 0 N–H and O–H groups in total. The second-order valence-corrected chi connectivity index (χ2v) is 1.48. The molecule has 1 radical (unpaired) electrons. The molecule has 0 aliphatic rings. The van der Waals surface area contributed by atoms with E-state index >= 15 is 0 Å². The van der Waals surface area contributed by atoms with Crippen LogP contribution in [-0.4, -0.2) is 21.8 Å². The van der Waals surface area contributed by atoms with Crippen LogP contribution in [0.2, 0.25) is 0 Å². The maximum atomic E-state index is 9.75. The van der Waals surface area contributed by atoms with Crippen molar-refractivity contribution < 1.29 is 69.1 Å². The molecule has 0 spiro atoms. The molecule has 99 valence electrons. The number of halogens is 12. The number of rotatable bonds is 0. The Morgan fingerprint density at radius 2 is 0.312 bits per heavy atom. The van der Waals surface area contributed by atoms with Gasteiger partial charge in [-0.15, -0.1) is 0 Å². The number of hydrogen-bond donors (Lipinski definition) is 0. The van der Waals surface area contributed by atoms with Crippen LogP contribution in [-0.2, 0) is 17.4 Å². The van der Waals surface area contributed by atoms with Gasteiger partial charge in [0.15, 0.2) is 0 Å². The van der Waals surface area contributed by atoms with Crippen molar-refractivity contribution in [3.05, 3.63) is 0 Å². The maximum Gasteiger partial charge on any atom is 3.00 e. The van der Waals surface area contributed by atoms with Gasteiger partial charge >= 0.3 is 39.1 Å². The van der Waals surface area contributed by atoms with Crippen molar-refractivity contribution in [2.24, 2.45) is 0 Å². The molecule has 0 fully saturated rings. The molecule has 0 saturated heterocycles. The van der Waals surface area contributed by atoms with Gasteiger partial charge in [-0.3, -0.25) is 0 Å². The second-order valence-electron chi connectivity index (χ2n) is 1.48. The average molecular weight is 312 g/mol. The first kappa shape index (κ1) is 24.9. The summed E-state index contributed by atoms with van der Waals surface area (Å²) in [6.07, 6.45) is 0. The van der Waals surface area contributed by atoms with E-state index in [9.17, 15) is 51.8 Å². The van der Waals surface area contributed by atoms with Crippen molar-refractivity contribution in [2.75, 3.05) is 0 Å². The van der Waals surface area contributed by atoms with E-state index in [1.807, 2.05) is 0 Å². The summed E-state index contributed by atoms with van der Waals surface area (Å²) in [5.41, 5.74) is 0. The molecule has 0 rings (SSSR count). The minimum atomic E-state index is -6.00. The summed E-state index contributed by atoms with van der Waals surface area (Å²) in [5, 5.41) is 0. The Morgan fingerprint density at radius 1 is 0.312 bits per heavy atom. The Morgan fingerprint density at radius 3 is 0.312 bits per heavy atom. The topological polar surface area (TPSA) is 0 Å². The van der Waals surface area contributed by atoms with Gasteiger partial charge in [0, 0.05) is 0 Å². The van der Waals surface area contributed by atoms with Gasteiger partial charge in [-0.05, 0) is 0 Å². The van der Waals surface area contributed by atoms with Crippen LogP contribution in [0.5, 0.6) is 0 Å². The average Bonchev–Trinajstić information content (AvgIpc) is 1.41. The zero-order chi connectivity index (χ0) is 13.5. The summed E-state index contributed by atoms with van der Waals surface area (Å²) in [6, 6.07) is 0. The van der Waals surface area contributed by atoms with Crippen molar-refractivity contribution in [3.63, 3.8) is 0 Å². The summed E-state index contributed by atoms with van der Waals surface area (Å²) in [7, 11) is -18.0. The van der Waals surface area contributed by atoms with Crippen LogP contribution < -0.4 is 0 Å². The fourth-order valence-corrected chi connectivity index (χ4v) is 0. The molecule has 16 heavy (non-hydrogen) atoms. The van der Waals surface area contributed by atoms with Crippen molar-refractivity contribution >= 4 is 21.8 Å². The van der Waals surface area contributed by atoms with E-state index < -0.39 is 21.8 Å². The Bertz CT molecular complexity index is 91.3. The van der Waals surface area contributed by atoms with Crippen LogP contribution >= 0.6 is 0 Å². The molecule has 0 unspecified atom stereocenters. The molecule has 0 aliphatic heterocycles. The fraction of sp³-hybridized carbons (Fsp3) is 0. The minimum absolute atomic E-state index is 0. The summed E-state index contributed by atoms with van der Waals surface area (Å²) >= 11 is 0. The third kappa shape index (κ3) is 182000. The molecule has 0 bridgehead atoms. The molecule has 16 heteroatoms. The van der Waals surface area contributed by atoms with Gasteiger partial charge in [0.25, 0.3) is 0 Å². The fourth-order valence-electron chi connectivity index (χ4n) is 0.